The monoisotopic (exact) mass is 478 g/mol. The molecular formula is C20H19ClN4O4S2. The van der Waals surface area contributed by atoms with Gasteiger partial charge in [0.05, 0.1) is 27.8 Å². The Bertz CT molecular complexity index is 1300. The summed E-state index contributed by atoms with van der Waals surface area (Å²) in [4.78, 5) is 13.0. The van der Waals surface area contributed by atoms with E-state index in [-0.39, 0.29) is 10.5 Å². The van der Waals surface area contributed by atoms with Gasteiger partial charge in [0.15, 0.2) is 0 Å². The van der Waals surface area contributed by atoms with Gasteiger partial charge < -0.3 is 5.32 Å². The van der Waals surface area contributed by atoms with Crippen LogP contribution < -0.4 is 5.32 Å². The molecule has 0 saturated carbocycles. The van der Waals surface area contributed by atoms with E-state index in [1.165, 1.54) is 38.4 Å². The molecule has 11 heteroatoms. The topological polar surface area (TPSA) is 101 Å². The van der Waals surface area contributed by atoms with E-state index in [2.05, 4.69) is 10.4 Å². The average Bonchev–Trinajstić information content (AvgIpc) is 3.25. The van der Waals surface area contributed by atoms with Gasteiger partial charge >= 0.3 is 0 Å². The van der Waals surface area contributed by atoms with Gasteiger partial charge in [-0.3, -0.25) is 9.00 Å². The highest BCUT2D eigenvalue weighted by molar-refractivity contribution is 7.89. The molecule has 8 nitrogen and oxygen atoms in total. The highest BCUT2D eigenvalue weighted by Crippen LogP contribution is 2.32. The molecule has 1 aliphatic heterocycles. The molecule has 1 amide bonds. The first-order valence-corrected chi connectivity index (χ1v) is 12.5. The Morgan fingerprint density at radius 2 is 1.87 bits per heavy atom. The summed E-state index contributed by atoms with van der Waals surface area (Å²) < 4.78 is 39.2. The number of nitrogens with one attached hydrogen (secondary N) is 1. The fourth-order valence-corrected chi connectivity index (χ4v) is 5.57. The van der Waals surface area contributed by atoms with Crippen molar-refractivity contribution in [3.63, 3.8) is 0 Å². The molecule has 0 saturated heterocycles. The van der Waals surface area contributed by atoms with Gasteiger partial charge in [-0.1, -0.05) is 17.7 Å². The zero-order valence-electron chi connectivity index (χ0n) is 16.7. The quantitative estimate of drug-likeness (QED) is 0.607. The Labute approximate surface area is 187 Å². The molecule has 1 aliphatic rings. The SMILES string of the molecule is CN(C)S(=O)(=O)c1ccc(C(=O)Nc2c3c(nn2-c2cccc(Cl)c2)C[S@](=O)C3)cc1. The second-order valence-corrected chi connectivity index (χ2v) is 11.2. The van der Waals surface area contributed by atoms with E-state index >= 15 is 0 Å². The van der Waals surface area contributed by atoms with Gasteiger partial charge in [0.25, 0.3) is 5.91 Å². The first-order valence-electron chi connectivity index (χ1n) is 9.22. The van der Waals surface area contributed by atoms with Crippen molar-refractivity contribution in [2.75, 3.05) is 19.4 Å². The first kappa shape index (κ1) is 21.7. The minimum absolute atomic E-state index is 0.0920. The first-order chi connectivity index (χ1) is 14.7. The van der Waals surface area contributed by atoms with Crippen LogP contribution >= 0.6 is 11.6 Å². The van der Waals surface area contributed by atoms with Crippen molar-refractivity contribution < 1.29 is 17.4 Å². The van der Waals surface area contributed by atoms with Gasteiger partial charge in [-0.15, -0.1) is 0 Å². The van der Waals surface area contributed by atoms with Crippen LogP contribution in [0, 0.1) is 0 Å². The van der Waals surface area contributed by atoms with E-state index in [9.17, 15) is 17.4 Å². The van der Waals surface area contributed by atoms with Crippen molar-refractivity contribution in [2.24, 2.45) is 0 Å². The lowest BCUT2D eigenvalue weighted by atomic mass is 10.2. The maximum Gasteiger partial charge on any atom is 0.256 e. The van der Waals surface area contributed by atoms with E-state index in [1.807, 2.05) is 6.07 Å². The van der Waals surface area contributed by atoms with Crippen molar-refractivity contribution in [3.05, 3.63) is 70.4 Å². The Kier molecular flexibility index (Phi) is 5.73. The molecule has 0 spiro atoms. The van der Waals surface area contributed by atoms with Gasteiger partial charge in [-0.2, -0.15) is 5.10 Å². The van der Waals surface area contributed by atoms with E-state index in [1.54, 1.807) is 22.9 Å². The molecule has 2 heterocycles. The number of aromatic nitrogens is 2. The van der Waals surface area contributed by atoms with Crippen molar-refractivity contribution in [1.82, 2.24) is 14.1 Å². The van der Waals surface area contributed by atoms with Crippen LogP contribution in [0.2, 0.25) is 5.02 Å². The Balaban J connectivity index is 1.68. The number of carbonyl (C=O) groups is 1. The highest BCUT2D eigenvalue weighted by atomic mass is 35.5. The maximum absolute atomic E-state index is 12.9. The maximum atomic E-state index is 12.9. The second-order valence-electron chi connectivity index (χ2n) is 7.16. The van der Waals surface area contributed by atoms with Crippen LogP contribution in [-0.4, -0.2) is 46.7 Å². The average molecular weight is 479 g/mol. The zero-order valence-corrected chi connectivity index (χ0v) is 19.1. The number of sulfonamides is 1. The summed E-state index contributed by atoms with van der Waals surface area (Å²) in [7, 11) is -1.77. The summed E-state index contributed by atoms with van der Waals surface area (Å²) in [6, 6.07) is 12.7. The summed E-state index contributed by atoms with van der Waals surface area (Å²) in [5.74, 6) is 0.615. The smallest absolute Gasteiger partial charge is 0.256 e. The van der Waals surface area contributed by atoms with E-state index < -0.39 is 26.7 Å². The number of anilines is 1. The van der Waals surface area contributed by atoms with Gasteiger partial charge in [0.2, 0.25) is 10.0 Å². The normalized spacial score (nSPS) is 15.8. The fraction of sp³-hybridized carbons (Fsp3) is 0.200. The Hall–Kier alpha value is -2.53. The second kappa shape index (κ2) is 8.19. The van der Waals surface area contributed by atoms with Crippen molar-refractivity contribution in [1.29, 1.82) is 0 Å². The number of rotatable bonds is 5. The molecule has 162 valence electrons. The van der Waals surface area contributed by atoms with Gasteiger partial charge in [-0.05, 0) is 42.5 Å². The molecule has 0 aliphatic carbocycles. The van der Waals surface area contributed by atoms with Crippen LogP contribution in [0.3, 0.4) is 0 Å². The number of carbonyl (C=O) groups excluding carboxylic acids is 1. The molecule has 1 aromatic heterocycles. The summed E-state index contributed by atoms with van der Waals surface area (Å²) in [5.41, 5.74) is 2.33. The van der Waals surface area contributed by atoms with Gasteiger partial charge in [0.1, 0.15) is 5.82 Å². The number of halogens is 1. The summed E-state index contributed by atoms with van der Waals surface area (Å²) in [5, 5.41) is 7.90. The third kappa shape index (κ3) is 4.16. The van der Waals surface area contributed by atoms with Crippen LogP contribution in [0.15, 0.2) is 53.4 Å². The van der Waals surface area contributed by atoms with Crippen molar-refractivity contribution in [3.8, 4) is 5.69 Å². The number of benzene rings is 2. The summed E-state index contributed by atoms with van der Waals surface area (Å²) >= 11 is 6.11. The molecule has 3 aromatic rings. The van der Waals surface area contributed by atoms with E-state index in [0.717, 1.165) is 9.87 Å². The lowest BCUT2D eigenvalue weighted by Gasteiger charge is -2.13. The van der Waals surface area contributed by atoms with Crippen LogP contribution in [0.5, 0.6) is 0 Å². The van der Waals surface area contributed by atoms with Gasteiger partial charge in [0, 0.05) is 41.0 Å². The van der Waals surface area contributed by atoms with Crippen molar-refractivity contribution in [2.45, 2.75) is 16.4 Å². The standard InChI is InChI=1S/C20H19ClN4O4S2/c1-24(2)31(28,29)16-8-6-13(7-9-16)20(26)22-19-17-11-30(27)12-18(17)23-25(19)15-5-3-4-14(21)10-15/h3-10H,11-12H2,1-2H3,(H,22,26)/t30-/m1/s1. The fourth-order valence-electron chi connectivity index (χ4n) is 3.22. The van der Waals surface area contributed by atoms with Gasteiger partial charge in [-0.25, -0.2) is 17.4 Å². The molecule has 0 radical (unpaired) electrons. The Morgan fingerprint density at radius 1 is 1.16 bits per heavy atom. The molecule has 2 aromatic carbocycles. The molecule has 1 atom stereocenters. The largest absolute Gasteiger partial charge is 0.306 e. The molecular weight excluding hydrogens is 460 g/mol. The third-order valence-corrected chi connectivity index (χ3v) is 8.12. The number of fused-ring (bicyclic) bond motifs is 1. The number of hydrogen-bond acceptors (Lipinski definition) is 5. The molecule has 1 N–H and O–H groups in total. The minimum atomic E-state index is -3.59. The predicted molar refractivity (Wildman–Crippen MR) is 119 cm³/mol. The predicted octanol–water partition coefficient (Wildman–Crippen LogP) is 2.79. The summed E-state index contributed by atoms with van der Waals surface area (Å²) in [6.07, 6.45) is 0. The molecule has 31 heavy (non-hydrogen) atoms. The summed E-state index contributed by atoms with van der Waals surface area (Å²) in [6.45, 7) is 0. The molecule has 0 unspecified atom stereocenters. The number of hydrogen-bond donors (Lipinski definition) is 1. The van der Waals surface area contributed by atoms with Crippen LogP contribution in [-0.2, 0) is 32.3 Å². The third-order valence-electron chi connectivity index (χ3n) is 4.85. The number of amides is 1. The lowest BCUT2D eigenvalue weighted by molar-refractivity contribution is 0.102. The van der Waals surface area contributed by atoms with Crippen LogP contribution in [0.25, 0.3) is 5.69 Å². The van der Waals surface area contributed by atoms with E-state index in [4.69, 9.17) is 11.6 Å². The van der Waals surface area contributed by atoms with E-state index in [0.29, 0.717) is 33.7 Å². The number of nitrogens with zero attached hydrogens (tertiary/aromatic N) is 3. The van der Waals surface area contributed by atoms with Crippen molar-refractivity contribution >= 4 is 44.1 Å². The minimum Gasteiger partial charge on any atom is -0.306 e. The molecule has 0 bridgehead atoms. The lowest BCUT2D eigenvalue weighted by Crippen LogP contribution is -2.22. The zero-order chi connectivity index (χ0) is 22.3. The highest BCUT2D eigenvalue weighted by Gasteiger charge is 2.28. The Morgan fingerprint density at radius 3 is 2.52 bits per heavy atom. The van der Waals surface area contributed by atoms with Crippen LogP contribution in [0.4, 0.5) is 5.82 Å². The molecule has 0 fully saturated rings. The van der Waals surface area contributed by atoms with Crippen LogP contribution in [0.1, 0.15) is 21.6 Å². The molecule has 4 rings (SSSR count).